The Morgan fingerprint density at radius 2 is 2.03 bits per heavy atom. The molecule has 2 heterocycles. The third-order valence-corrected chi connectivity index (χ3v) is 4.56. The van der Waals surface area contributed by atoms with E-state index in [0.717, 1.165) is 5.57 Å². The predicted octanol–water partition coefficient (Wildman–Crippen LogP) is -0.383. The van der Waals surface area contributed by atoms with Gasteiger partial charge in [-0.15, -0.1) is 0 Å². The average molecular weight is 412 g/mol. The molecule has 0 saturated carbocycles. The molecule has 1 unspecified atom stereocenters. The zero-order valence-electron chi connectivity index (χ0n) is 15.8. The summed E-state index contributed by atoms with van der Waals surface area (Å²) in [4.78, 5) is 54.1. The molecule has 3 rings (SSSR count). The summed E-state index contributed by atoms with van der Waals surface area (Å²) in [5.41, 5.74) is 7.21. The summed E-state index contributed by atoms with van der Waals surface area (Å²) in [6.07, 6.45) is 2.24. The standard InChI is InChI=1S/C19H20N6O5/c20-19-24-15-14(17(28)25-19)11(9-22-15)8-21-12-5-3-10(4-6-12)16(27)23-13(18(29)30)2-1-7-26/h3-7,9,13-14,21H,1-2,8H2,(H,23,27)(H,29,30)(H3,20,22,24,25,28)/t13-,14?/m0/s1. The van der Waals surface area contributed by atoms with E-state index in [9.17, 15) is 19.2 Å². The molecule has 11 nitrogen and oxygen atoms in total. The van der Waals surface area contributed by atoms with Crippen LogP contribution in [-0.4, -0.2) is 53.6 Å². The molecule has 6 N–H and O–H groups in total. The van der Waals surface area contributed by atoms with Gasteiger partial charge in [-0.3, -0.25) is 14.9 Å². The second-order valence-electron chi connectivity index (χ2n) is 6.65. The second kappa shape index (κ2) is 8.99. The molecule has 0 aliphatic carbocycles. The average Bonchev–Trinajstić information content (AvgIpc) is 3.12. The van der Waals surface area contributed by atoms with Gasteiger partial charge in [0.1, 0.15) is 24.1 Å². The number of benzene rings is 1. The highest BCUT2D eigenvalue weighted by Crippen LogP contribution is 2.24. The van der Waals surface area contributed by atoms with Crippen molar-refractivity contribution in [3.8, 4) is 0 Å². The number of carboxylic acid groups (broad SMARTS) is 1. The Kier molecular flexibility index (Phi) is 6.20. The zero-order valence-corrected chi connectivity index (χ0v) is 15.8. The van der Waals surface area contributed by atoms with Gasteiger partial charge in [0.15, 0.2) is 0 Å². The van der Waals surface area contributed by atoms with Gasteiger partial charge >= 0.3 is 5.97 Å². The predicted molar refractivity (Wildman–Crippen MR) is 108 cm³/mol. The van der Waals surface area contributed by atoms with Gasteiger partial charge in [0, 0.05) is 30.4 Å². The summed E-state index contributed by atoms with van der Waals surface area (Å²) < 4.78 is 0. The minimum atomic E-state index is -1.20. The van der Waals surface area contributed by atoms with Crippen molar-refractivity contribution in [1.29, 1.82) is 0 Å². The number of nitrogens with zero attached hydrogens (tertiary/aromatic N) is 2. The smallest absolute Gasteiger partial charge is 0.326 e. The number of carbonyl (C=O) groups is 4. The van der Waals surface area contributed by atoms with E-state index < -0.39 is 23.8 Å². The maximum absolute atomic E-state index is 12.2. The Labute approximate surface area is 171 Å². The van der Waals surface area contributed by atoms with Crippen molar-refractivity contribution >= 4 is 41.6 Å². The lowest BCUT2D eigenvalue weighted by molar-refractivity contribution is -0.139. The number of amides is 2. The quantitative estimate of drug-likeness (QED) is 0.343. The fraction of sp³-hybridized carbons (Fsp3) is 0.263. The van der Waals surface area contributed by atoms with Crippen LogP contribution in [0.15, 0.2) is 46.0 Å². The molecular weight excluding hydrogens is 392 g/mol. The highest BCUT2D eigenvalue weighted by molar-refractivity contribution is 6.19. The molecule has 2 aliphatic rings. The molecule has 0 fully saturated rings. The van der Waals surface area contributed by atoms with Crippen molar-refractivity contribution in [2.75, 3.05) is 11.9 Å². The Balaban J connectivity index is 1.56. The van der Waals surface area contributed by atoms with Crippen LogP contribution in [0.25, 0.3) is 0 Å². The largest absolute Gasteiger partial charge is 0.480 e. The molecule has 0 aromatic heterocycles. The molecule has 0 radical (unpaired) electrons. The maximum atomic E-state index is 12.2. The Hall–Kier alpha value is -4.02. The maximum Gasteiger partial charge on any atom is 0.326 e. The van der Waals surface area contributed by atoms with Gasteiger partial charge in [-0.1, -0.05) is 0 Å². The van der Waals surface area contributed by atoms with Gasteiger partial charge < -0.3 is 26.3 Å². The number of rotatable bonds is 9. The lowest BCUT2D eigenvalue weighted by Crippen LogP contribution is -2.47. The molecule has 2 amide bonds. The van der Waals surface area contributed by atoms with Crippen molar-refractivity contribution < 1.29 is 24.3 Å². The number of hydrogen-bond acceptors (Lipinski definition) is 8. The topological polar surface area (TPSA) is 175 Å². The molecule has 2 aliphatic heterocycles. The van der Waals surface area contributed by atoms with E-state index in [1.54, 1.807) is 30.5 Å². The molecule has 156 valence electrons. The molecular formula is C19H20N6O5. The number of aldehydes is 1. The molecule has 1 aromatic rings. The summed E-state index contributed by atoms with van der Waals surface area (Å²) in [5, 5.41) is 17.1. The molecule has 0 spiro atoms. The van der Waals surface area contributed by atoms with Crippen molar-refractivity contribution in [2.24, 2.45) is 21.6 Å². The number of nitrogens with two attached hydrogens (primary N) is 1. The van der Waals surface area contributed by atoms with Crippen LogP contribution in [0.4, 0.5) is 5.69 Å². The second-order valence-corrected chi connectivity index (χ2v) is 6.65. The number of hydrogen-bond donors (Lipinski definition) is 5. The first kappa shape index (κ1) is 20.7. The van der Waals surface area contributed by atoms with E-state index in [1.807, 2.05) is 0 Å². The first-order valence-corrected chi connectivity index (χ1v) is 9.12. The van der Waals surface area contributed by atoms with Gasteiger partial charge in [-0.05, 0) is 36.3 Å². The summed E-state index contributed by atoms with van der Waals surface area (Å²) in [7, 11) is 0. The normalized spacial score (nSPS) is 18.2. The molecule has 0 bridgehead atoms. The third-order valence-electron chi connectivity index (χ3n) is 4.56. The van der Waals surface area contributed by atoms with Gasteiger partial charge in [0.05, 0.1) is 0 Å². The molecule has 2 atom stereocenters. The fourth-order valence-electron chi connectivity index (χ4n) is 3.02. The van der Waals surface area contributed by atoms with Gasteiger partial charge in [-0.2, -0.15) is 4.99 Å². The summed E-state index contributed by atoms with van der Waals surface area (Å²) in [6, 6.07) is 5.26. The van der Waals surface area contributed by atoms with Crippen LogP contribution in [0.5, 0.6) is 0 Å². The van der Waals surface area contributed by atoms with Crippen LogP contribution < -0.4 is 21.7 Å². The fourth-order valence-corrected chi connectivity index (χ4v) is 3.02. The van der Waals surface area contributed by atoms with E-state index >= 15 is 0 Å². The summed E-state index contributed by atoms with van der Waals surface area (Å²) in [5.74, 6) is -2.26. The number of carboxylic acids is 1. The Bertz CT molecular complexity index is 966. The van der Waals surface area contributed by atoms with Crippen LogP contribution in [0.1, 0.15) is 23.2 Å². The van der Waals surface area contributed by atoms with Gasteiger partial charge in [0.25, 0.3) is 5.91 Å². The lowest BCUT2D eigenvalue weighted by Gasteiger charge is -2.20. The number of anilines is 1. The van der Waals surface area contributed by atoms with Crippen LogP contribution in [0.2, 0.25) is 0 Å². The number of nitrogens with one attached hydrogen (secondary N) is 3. The molecule has 0 saturated heterocycles. The van der Waals surface area contributed by atoms with E-state index in [4.69, 9.17) is 10.8 Å². The van der Waals surface area contributed by atoms with Crippen LogP contribution in [-0.2, 0) is 14.4 Å². The highest BCUT2D eigenvalue weighted by Gasteiger charge is 2.35. The molecule has 30 heavy (non-hydrogen) atoms. The van der Waals surface area contributed by atoms with E-state index in [2.05, 4.69) is 25.9 Å². The van der Waals surface area contributed by atoms with Crippen molar-refractivity contribution in [2.45, 2.75) is 18.9 Å². The summed E-state index contributed by atoms with van der Waals surface area (Å²) >= 11 is 0. The van der Waals surface area contributed by atoms with E-state index in [-0.39, 0.29) is 30.3 Å². The van der Waals surface area contributed by atoms with Crippen molar-refractivity contribution in [3.63, 3.8) is 0 Å². The molecule has 11 heteroatoms. The minimum Gasteiger partial charge on any atom is -0.480 e. The van der Waals surface area contributed by atoms with Crippen LogP contribution in [0.3, 0.4) is 0 Å². The van der Waals surface area contributed by atoms with E-state index in [0.29, 0.717) is 24.4 Å². The number of aliphatic imine (C=N–C) groups is 2. The number of guanidine groups is 1. The first-order chi connectivity index (χ1) is 14.4. The van der Waals surface area contributed by atoms with Crippen molar-refractivity contribution in [3.05, 3.63) is 41.6 Å². The lowest BCUT2D eigenvalue weighted by atomic mass is 9.98. The van der Waals surface area contributed by atoms with Gasteiger partial charge in [0.2, 0.25) is 11.9 Å². The number of fused-ring (bicyclic) bond motifs is 1. The Morgan fingerprint density at radius 1 is 1.30 bits per heavy atom. The van der Waals surface area contributed by atoms with Crippen molar-refractivity contribution in [1.82, 2.24) is 10.6 Å². The monoisotopic (exact) mass is 412 g/mol. The highest BCUT2D eigenvalue weighted by atomic mass is 16.4. The molecule has 1 aromatic carbocycles. The number of amidine groups is 1. The first-order valence-electron chi connectivity index (χ1n) is 9.12. The van der Waals surface area contributed by atoms with Crippen LogP contribution >= 0.6 is 0 Å². The minimum absolute atomic E-state index is 0.0165. The number of aliphatic carboxylic acids is 1. The van der Waals surface area contributed by atoms with E-state index in [1.165, 1.54) is 0 Å². The third kappa shape index (κ3) is 4.69. The van der Waals surface area contributed by atoms with Gasteiger partial charge in [-0.25, -0.2) is 9.79 Å². The SMILES string of the molecule is NC1=NC2=NC=C(CNc3ccc(C(=O)N[C@@H](CCC=O)C(=O)O)cc3)C2C(=O)N1. The van der Waals surface area contributed by atoms with Crippen LogP contribution in [0, 0.1) is 5.92 Å². The Morgan fingerprint density at radius 3 is 2.70 bits per heavy atom. The zero-order chi connectivity index (χ0) is 21.7. The number of carbonyl (C=O) groups excluding carboxylic acids is 3. The summed E-state index contributed by atoms with van der Waals surface area (Å²) in [6.45, 7) is 0.332.